The number of nitrogens with zero attached hydrogens (tertiary/aromatic N) is 3. The molecule has 0 bridgehead atoms. The highest BCUT2D eigenvalue weighted by molar-refractivity contribution is 5.76. The average Bonchev–Trinajstić information content (AvgIpc) is 3.37. The first-order valence-electron chi connectivity index (χ1n) is 14.1. The smallest absolute Gasteiger partial charge is 0.325 e. The first-order valence-corrected chi connectivity index (χ1v) is 14.1. The van der Waals surface area contributed by atoms with E-state index < -0.39 is 17.8 Å². The Morgan fingerprint density at radius 1 is 1.32 bits per heavy atom. The molecule has 0 saturated carbocycles. The van der Waals surface area contributed by atoms with Gasteiger partial charge in [-0.2, -0.15) is 0 Å². The van der Waals surface area contributed by atoms with E-state index in [9.17, 15) is 14.3 Å². The van der Waals surface area contributed by atoms with E-state index in [0.717, 1.165) is 75.6 Å². The number of hydrogen-bond acceptors (Lipinski definition) is 7. The summed E-state index contributed by atoms with van der Waals surface area (Å²) >= 11 is 0. The number of fused-ring (bicyclic) bond motifs is 1. The van der Waals surface area contributed by atoms with Crippen molar-refractivity contribution in [2.75, 3.05) is 38.2 Å². The molecule has 8 nitrogen and oxygen atoms in total. The van der Waals surface area contributed by atoms with Crippen LogP contribution in [0, 0.1) is 11.7 Å². The van der Waals surface area contributed by atoms with Crippen LogP contribution in [0.4, 0.5) is 10.2 Å². The lowest BCUT2D eigenvalue weighted by atomic mass is 9.93. The molecular formula is C29H39FN4O4. The van der Waals surface area contributed by atoms with E-state index in [1.165, 1.54) is 11.6 Å². The van der Waals surface area contributed by atoms with Crippen LogP contribution >= 0.6 is 0 Å². The van der Waals surface area contributed by atoms with Crippen molar-refractivity contribution in [1.29, 1.82) is 0 Å². The number of aromatic nitrogens is 2. The van der Waals surface area contributed by atoms with Gasteiger partial charge in [0.2, 0.25) is 0 Å². The van der Waals surface area contributed by atoms with Gasteiger partial charge >= 0.3 is 5.97 Å². The fourth-order valence-corrected chi connectivity index (χ4v) is 5.83. The van der Waals surface area contributed by atoms with E-state index >= 15 is 0 Å². The fraction of sp³-hybridized carbons (Fsp3) is 0.621. The zero-order valence-corrected chi connectivity index (χ0v) is 22.2. The third kappa shape index (κ3) is 6.50. The molecule has 1 unspecified atom stereocenters. The number of likely N-dealkylation sites (tertiary alicyclic amines) is 1. The van der Waals surface area contributed by atoms with E-state index in [-0.39, 0.29) is 12.2 Å². The summed E-state index contributed by atoms with van der Waals surface area (Å²) < 4.78 is 26.4. The summed E-state index contributed by atoms with van der Waals surface area (Å²) in [4.78, 5) is 23.4. The second-order valence-electron chi connectivity index (χ2n) is 10.9. The van der Waals surface area contributed by atoms with E-state index in [2.05, 4.69) is 29.4 Å². The minimum atomic E-state index is -1.00. The summed E-state index contributed by atoms with van der Waals surface area (Å²) in [6.07, 6.45) is 8.34. The molecule has 9 heteroatoms. The van der Waals surface area contributed by atoms with Gasteiger partial charge in [-0.05, 0) is 75.0 Å². The monoisotopic (exact) mass is 526 g/mol. The van der Waals surface area contributed by atoms with Crippen molar-refractivity contribution in [3.8, 4) is 0 Å². The molecular weight excluding hydrogens is 487 g/mol. The molecule has 0 amide bonds. The number of unbranched alkanes of at least 4 members (excludes halogenated alkanes) is 1. The number of halogens is 1. The Morgan fingerprint density at radius 2 is 2.21 bits per heavy atom. The van der Waals surface area contributed by atoms with Crippen LogP contribution in [-0.4, -0.2) is 64.9 Å². The Bertz CT molecular complexity index is 1110. The first kappa shape index (κ1) is 27.0. The van der Waals surface area contributed by atoms with Crippen LogP contribution < -0.4 is 5.32 Å². The van der Waals surface area contributed by atoms with Gasteiger partial charge in [0.1, 0.15) is 17.7 Å². The Morgan fingerprint density at radius 3 is 3.03 bits per heavy atom. The molecule has 38 heavy (non-hydrogen) atoms. The highest BCUT2D eigenvalue weighted by atomic mass is 19.1. The molecule has 2 saturated heterocycles. The van der Waals surface area contributed by atoms with Crippen molar-refractivity contribution in [2.24, 2.45) is 5.92 Å². The van der Waals surface area contributed by atoms with Crippen molar-refractivity contribution >= 4 is 11.8 Å². The molecule has 5 heterocycles. The van der Waals surface area contributed by atoms with E-state index in [1.807, 2.05) is 4.90 Å². The fourth-order valence-electron chi connectivity index (χ4n) is 5.83. The first-order chi connectivity index (χ1) is 18.5. The van der Waals surface area contributed by atoms with Gasteiger partial charge in [-0.25, -0.2) is 9.37 Å². The second kappa shape index (κ2) is 12.5. The van der Waals surface area contributed by atoms with Gasteiger partial charge in [0.05, 0.1) is 30.7 Å². The maximum atomic E-state index is 14.3. The number of carboxylic acids is 1. The lowest BCUT2D eigenvalue weighted by Crippen LogP contribution is -2.35. The Labute approximate surface area is 224 Å². The van der Waals surface area contributed by atoms with Crippen LogP contribution in [0.3, 0.4) is 0 Å². The number of hydrogen-bond donors (Lipinski definition) is 2. The molecule has 2 N–H and O–H groups in total. The van der Waals surface area contributed by atoms with Crippen molar-refractivity contribution < 1.29 is 23.8 Å². The molecule has 2 aromatic heterocycles. The van der Waals surface area contributed by atoms with Crippen LogP contribution in [-0.2, 0) is 27.1 Å². The Balaban J connectivity index is 1.14. The van der Waals surface area contributed by atoms with Crippen LogP contribution in [0.2, 0.25) is 0 Å². The maximum absolute atomic E-state index is 14.3. The number of aliphatic carboxylic acids is 1. The Kier molecular flexibility index (Phi) is 8.86. The highest BCUT2D eigenvalue weighted by Gasteiger charge is 2.37. The normalized spacial score (nSPS) is 24.5. The van der Waals surface area contributed by atoms with Crippen LogP contribution in [0.15, 0.2) is 24.4 Å². The predicted molar refractivity (Wildman–Crippen MR) is 142 cm³/mol. The Hall–Kier alpha value is -2.62. The molecule has 0 spiro atoms. The lowest BCUT2D eigenvalue weighted by molar-refractivity contribution is -0.143. The lowest BCUT2D eigenvalue weighted by Gasteiger charge is -2.31. The molecule has 0 aromatic carbocycles. The largest absolute Gasteiger partial charge is 0.480 e. The number of pyridine rings is 2. The summed E-state index contributed by atoms with van der Waals surface area (Å²) in [6.45, 7) is 5.41. The zero-order chi connectivity index (χ0) is 26.5. The maximum Gasteiger partial charge on any atom is 0.325 e. The van der Waals surface area contributed by atoms with Crippen molar-refractivity contribution in [2.45, 2.75) is 76.5 Å². The quantitative estimate of drug-likeness (QED) is 0.430. The molecule has 0 aliphatic carbocycles. The van der Waals surface area contributed by atoms with Gasteiger partial charge in [0, 0.05) is 37.5 Å². The molecule has 2 fully saturated rings. The molecule has 3 aliphatic heterocycles. The summed E-state index contributed by atoms with van der Waals surface area (Å²) in [5.74, 6) is -0.0515. The molecule has 5 rings (SSSR count). The number of carboxylic acid groups (broad SMARTS) is 1. The average molecular weight is 527 g/mol. The minimum absolute atomic E-state index is 0.0420. The predicted octanol–water partition coefficient (Wildman–Crippen LogP) is 4.70. The minimum Gasteiger partial charge on any atom is -0.480 e. The van der Waals surface area contributed by atoms with Crippen molar-refractivity contribution in [1.82, 2.24) is 14.9 Å². The van der Waals surface area contributed by atoms with Gasteiger partial charge < -0.3 is 19.9 Å². The van der Waals surface area contributed by atoms with Gasteiger partial charge in [0.15, 0.2) is 0 Å². The number of rotatable bonds is 10. The second-order valence-corrected chi connectivity index (χ2v) is 10.9. The SMILES string of the molecule is CC1CC[C@H](c2ncc(F)cc2[C@@H](C(=O)O)N2CC[C@@H](OCCCCc3ccc4c(n3)NCCC4)C2)OC1. The van der Waals surface area contributed by atoms with E-state index in [1.54, 1.807) is 0 Å². The number of nitrogens with one attached hydrogen (secondary N) is 1. The van der Waals surface area contributed by atoms with Gasteiger partial charge in [-0.15, -0.1) is 0 Å². The summed E-state index contributed by atoms with van der Waals surface area (Å²) in [7, 11) is 0. The number of carbonyl (C=O) groups is 1. The van der Waals surface area contributed by atoms with E-state index in [4.69, 9.17) is 14.5 Å². The van der Waals surface area contributed by atoms with Crippen molar-refractivity contribution in [3.63, 3.8) is 0 Å². The van der Waals surface area contributed by atoms with Crippen molar-refractivity contribution in [3.05, 3.63) is 52.7 Å². The van der Waals surface area contributed by atoms with Crippen LogP contribution in [0.1, 0.15) is 80.1 Å². The van der Waals surface area contributed by atoms with Crippen LogP contribution in [0.5, 0.6) is 0 Å². The molecule has 4 atom stereocenters. The highest BCUT2D eigenvalue weighted by Crippen LogP contribution is 2.36. The molecule has 2 aromatic rings. The number of ether oxygens (including phenoxy) is 2. The molecule has 3 aliphatic rings. The topological polar surface area (TPSA) is 96.8 Å². The standard InChI is InChI=1S/C29H39FN4O4/c1-19-7-10-25(38-18-19)26-24(15-21(30)16-32-26)27(29(35)36)34-13-11-23(17-34)37-14-3-2-6-22-9-8-20-5-4-12-31-28(20)33-22/h8-9,15-16,19,23,25,27H,2-7,10-14,17-18H2,1H3,(H,31,33)(H,35,36)/t19?,23-,25-,27+/m1/s1. The molecule has 0 radical (unpaired) electrons. The summed E-state index contributed by atoms with van der Waals surface area (Å²) in [6, 6.07) is 4.66. The summed E-state index contributed by atoms with van der Waals surface area (Å²) in [5, 5.41) is 13.6. The number of anilines is 1. The summed E-state index contributed by atoms with van der Waals surface area (Å²) in [5.41, 5.74) is 3.34. The third-order valence-corrected chi connectivity index (χ3v) is 7.93. The molecule has 206 valence electrons. The van der Waals surface area contributed by atoms with Gasteiger partial charge in [0.25, 0.3) is 0 Å². The third-order valence-electron chi connectivity index (χ3n) is 7.93. The van der Waals surface area contributed by atoms with Gasteiger partial charge in [-0.1, -0.05) is 13.0 Å². The zero-order valence-electron chi connectivity index (χ0n) is 22.2. The van der Waals surface area contributed by atoms with E-state index in [0.29, 0.717) is 43.5 Å². The number of aryl methyl sites for hydroxylation is 2. The van der Waals surface area contributed by atoms with Crippen LogP contribution in [0.25, 0.3) is 0 Å². The van der Waals surface area contributed by atoms with Gasteiger partial charge in [-0.3, -0.25) is 14.7 Å².